The number of amides is 1. The van der Waals surface area contributed by atoms with E-state index in [0.717, 1.165) is 37.1 Å². The molecule has 3 rings (SSSR count). The lowest BCUT2D eigenvalue weighted by Gasteiger charge is -2.35. The third kappa shape index (κ3) is 5.95. The summed E-state index contributed by atoms with van der Waals surface area (Å²) in [7, 11) is 3.92. The molecule has 0 bridgehead atoms. The lowest BCUT2D eigenvalue weighted by molar-refractivity contribution is -0.128. The maximum Gasteiger partial charge on any atom is 0.265 e. The maximum absolute atomic E-state index is 13.1. The molecule has 0 unspecified atom stereocenters. The van der Waals surface area contributed by atoms with Crippen LogP contribution in [0.25, 0.3) is 0 Å². The van der Waals surface area contributed by atoms with Gasteiger partial charge in [0.25, 0.3) is 5.91 Å². The van der Waals surface area contributed by atoms with Crippen LogP contribution in [0.3, 0.4) is 0 Å². The molecule has 1 amide bonds. The van der Waals surface area contributed by atoms with Crippen LogP contribution in [0, 0.1) is 11.3 Å². The molecule has 156 valence electrons. The molecule has 1 aliphatic rings. The number of likely N-dealkylation sites (N-methyl/N-ethyl adjacent to an activating group) is 1. The minimum absolute atomic E-state index is 0.183. The first kappa shape index (κ1) is 21.6. The van der Waals surface area contributed by atoms with E-state index in [1.807, 2.05) is 48.3 Å². The molecule has 0 aromatic heterocycles. The number of hydrogen-bond donors (Lipinski definition) is 0. The van der Waals surface area contributed by atoms with Crippen molar-refractivity contribution in [1.82, 2.24) is 14.7 Å². The Hall–Kier alpha value is -3.10. The van der Waals surface area contributed by atoms with Crippen LogP contribution in [-0.2, 0) is 17.9 Å². The molecule has 2 aromatic rings. The van der Waals surface area contributed by atoms with Crippen molar-refractivity contribution in [3.63, 3.8) is 0 Å². The Kier molecular flexibility index (Phi) is 7.64. The number of piperidine rings is 1. The molecule has 5 heteroatoms. The van der Waals surface area contributed by atoms with Gasteiger partial charge in [0.1, 0.15) is 11.6 Å². The number of nitrogens with zero attached hydrogens (tertiary/aromatic N) is 4. The highest BCUT2D eigenvalue weighted by Gasteiger charge is 2.26. The van der Waals surface area contributed by atoms with Gasteiger partial charge in [0, 0.05) is 32.4 Å². The lowest BCUT2D eigenvalue weighted by atomic mass is 10.0. The van der Waals surface area contributed by atoms with E-state index in [1.54, 1.807) is 11.1 Å². The fourth-order valence-electron chi connectivity index (χ4n) is 3.84. The Morgan fingerprint density at radius 3 is 2.00 bits per heavy atom. The van der Waals surface area contributed by atoms with Gasteiger partial charge in [-0.05, 0) is 44.1 Å². The zero-order valence-corrected chi connectivity index (χ0v) is 17.9. The molecule has 5 nitrogen and oxygen atoms in total. The number of carbonyl (C=O) groups is 1. The van der Waals surface area contributed by atoms with E-state index in [-0.39, 0.29) is 17.5 Å². The van der Waals surface area contributed by atoms with Gasteiger partial charge in [-0.3, -0.25) is 4.79 Å². The Morgan fingerprint density at radius 1 is 1.03 bits per heavy atom. The number of likely N-dealkylation sites (tertiary alicyclic amines) is 1. The first-order valence-electron chi connectivity index (χ1n) is 10.5. The maximum atomic E-state index is 13.1. The van der Waals surface area contributed by atoms with Crippen LogP contribution in [0.5, 0.6) is 0 Å². The van der Waals surface area contributed by atoms with Crippen molar-refractivity contribution in [2.24, 2.45) is 0 Å². The third-order valence-corrected chi connectivity index (χ3v) is 5.68. The van der Waals surface area contributed by atoms with E-state index < -0.39 is 0 Å². The van der Waals surface area contributed by atoms with Crippen LogP contribution in [0.2, 0.25) is 0 Å². The second-order valence-corrected chi connectivity index (χ2v) is 7.98. The largest absolute Gasteiger partial charge is 0.367 e. The minimum Gasteiger partial charge on any atom is -0.367 e. The van der Waals surface area contributed by atoms with Crippen LogP contribution in [0.1, 0.15) is 24.0 Å². The van der Waals surface area contributed by atoms with Crippen molar-refractivity contribution in [2.75, 3.05) is 27.2 Å². The summed E-state index contributed by atoms with van der Waals surface area (Å²) < 4.78 is 0. The zero-order chi connectivity index (χ0) is 21.3. The average Bonchev–Trinajstić information content (AvgIpc) is 2.78. The SMILES string of the molecule is CN1CCC(N(C)C(=O)/C(C#N)=C\N(Cc2ccccc2)Cc2ccccc2)CC1. The molecule has 30 heavy (non-hydrogen) atoms. The Bertz CT molecular complexity index is 839. The Labute approximate surface area is 179 Å². The highest BCUT2D eigenvalue weighted by Crippen LogP contribution is 2.18. The van der Waals surface area contributed by atoms with Gasteiger partial charge in [0.15, 0.2) is 0 Å². The zero-order valence-electron chi connectivity index (χ0n) is 17.9. The molecule has 1 heterocycles. The fourth-order valence-corrected chi connectivity index (χ4v) is 3.84. The van der Waals surface area contributed by atoms with E-state index in [9.17, 15) is 10.1 Å². The molecule has 1 fully saturated rings. The molecule has 2 aromatic carbocycles. The summed E-state index contributed by atoms with van der Waals surface area (Å²) in [5, 5.41) is 9.77. The molecular formula is C25H30N4O. The van der Waals surface area contributed by atoms with Crippen molar-refractivity contribution in [1.29, 1.82) is 5.26 Å². The van der Waals surface area contributed by atoms with E-state index in [0.29, 0.717) is 13.1 Å². The molecule has 0 saturated carbocycles. The molecule has 0 aliphatic carbocycles. The topological polar surface area (TPSA) is 50.6 Å². The number of rotatable bonds is 7. The van der Waals surface area contributed by atoms with Crippen molar-refractivity contribution < 1.29 is 4.79 Å². The van der Waals surface area contributed by atoms with Gasteiger partial charge in [-0.2, -0.15) is 5.26 Å². The highest BCUT2D eigenvalue weighted by molar-refractivity contribution is 5.97. The molecule has 0 radical (unpaired) electrons. The van der Waals surface area contributed by atoms with Crippen LogP contribution < -0.4 is 0 Å². The second-order valence-electron chi connectivity index (χ2n) is 7.98. The predicted octanol–water partition coefficient (Wildman–Crippen LogP) is 3.65. The van der Waals surface area contributed by atoms with E-state index >= 15 is 0 Å². The van der Waals surface area contributed by atoms with Crippen molar-refractivity contribution >= 4 is 5.91 Å². The third-order valence-electron chi connectivity index (χ3n) is 5.68. The number of benzene rings is 2. The van der Waals surface area contributed by atoms with Gasteiger partial charge in [0.05, 0.1) is 0 Å². The quantitative estimate of drug-likeness (QED) is 0.524. The monoisotopic (exact) mass is 402 g/mol. The summed E-state index contributed by atoms with van der Waals surface area (Å²) in [6.07, 6.45) is 3.61. The van der Waals surface area contributed by atoms with Crippen LogP contribution in [0.15, 0.2) is 72.4 Å². The highest BCUT2D eigenvalue weighted by atomic mass is 16.2. The van der Waals surface area contributed by atoms with E-state index in [1.165, 1.54) is 0 Å². The summed E-state index contributed by atoms with van der Waals surface area (Å²) in [4.78, 5) is 19.2. The van der Waals surface area contributed by atoms with Crippen molar-refractivity contribution in [2.45, 2.75) is 32.0 Å². The molecule has 1 aliphatic heterocycles. The van der Waals surface area contributed by atoms with Gasteiger partial charge < -0.3 is 14.7 Å². The van der Waals surface area contributed by atoms with Gasteiger partial charge >= 0.3 is 0 Å². The summed E-state index contributed by atoms with van der Waals surface area (Å²) in [6, 6.07) is 22.6. The van der Waals surface area contributed by atoms with E-state index in [2.05, 4.69) is 42.3 Å². The van der Waals surface area contributed by atoms with Gasteiger partial charge in [0.2, 0.25) is 0 Å². The first-order valence-corrected chi connectivity index (χ1v) is 10.5. The van der Waals surface area contributed by atoms with Gasteiger partial charge in [-0.15, -0.1) is 0 Å². The van der Waals surface area contributed by atoms with Crippen LogP contribution in [-0.4, -0.2) is 53.8 Å². The molecule has 0 N–H and O–H groups in total. The average molecular weight is 403 g/mol. The van der Waals surface area contributed by atoms with E-state index in [4.69, 9.17) is 0 Å². The molecule has 0 atom stereocenters. The smallest absolute Gasteiger partial charge is 0.265 e. The normalized spacial score (nSPS) is 15.4. The Balaban J connectivity index is 1.79. The van der Waals surface area contributed by atoms with Gasteiger partial charge in [-0.25, -0.2) is 0 Å². The number of nitriles is 1. The minimum atomic E-state index is -0.196. The number of hydrogen-bond acceptors (Lipinski definition) is 4. The van der Waals surface area contributed by atoms with Gasteiger partial charge in [-0.1, -0.05) is 60.7 Å². The predicted molar refractivity (Wildman–Crippen MR) is 119 cm³/mol. The molecule has 0 spiro atoms. The fraction of sp³-hybridized carbons (Fsp3) is 0.360. The molecule has 1 saturated heterocycles. The Morgan fingerprint density at radius 2 is 1.53 bits per heavy atom. The van der Waals surface area contributed by atoms with Crippen LogP contribution >= 0.6 is 0 Å². The second kappa shape index (κ2) is 10.6. The summed E-state index contributed by atoms with van der Waals surface area (Å²) in [5.74, 6) is -0.196. The summed E-state index contributed by atoms with van der Waals surface area (Å²) >= 11 is 0. The number of carbonyl (C=O) groups excluding carboxylic acids is 1. The lowest BCUT2D eigenvalue weighted by Crippen LogP contribution is -2.45. The standard InChI is InChI=1S/C25H30N4O/c1-27-15-13-24(14-16-27)28(2)25(30)23(17-26)20-29(18-21-9-5-3-6-10-21)19-22-11-7-4-8-12-22/h3-12,20,24H,13-16,18-19H2,1-2H3/b23-20-. The first-order chi connectivity index (χ1) is 14.6. The summed E-state index contributed by atoms with van der Waals surface area (Å²) in [6.45, 7) is 3.21. The summed E-state index contributed by atoms with van der Waals surface area (Å²) in [5.41, 5.74) is 2.46. The van der Waals surface area contributed by atoms with Crippen LogP contribution in [0.4, 0.5) is 0 Å². The molecular weight excluding hydrogens is 372 g/mol. The van der Waals surface area contributed by atoms with Crippen molar-refractivity contribution in [3.05, 3.63) is 83.6 Å². The van der Waals surface area contributed by atoms with Crippen molar-refractivity contribution in [3.8, 4) is 6.07 Å².